The van der Waals surface area contributed by atoms with Crippen molar-refractivity contribution >= 4 is 40.8 Å². The molecule has 3 aromatic rings. The molecule has 0 radical (unpaired) electrons. The van der Waals surface area contributed by atoms with Gasteiger partial charge in [-0.2, -0.15) is 4.98 Å². The molecule has 13 nitrogen and oxygen atoms in total. The fraction of sp³-hybridized carbons (Fsp3) is 0.500. The van der Waals surface area contributed by atoms with E-state index >= 15 is 0 Å². The Morgan fingerprint density at radius 2 is 1.49 bits per heavy atom. The van der Waals surface area contributed by atoms with Gasteiger partial charge in [0.15, 0.2) is 0 Å². The fourth-order valence-electron chi connectivity index (χ4n) is 5.05. The first-order valence-corrected chi connectivity index (χ1v) is 15.8. The van der Waals surface area contributed by atoms with Crippen molar-refractivity contribution in [1.29, 1.82) is 0 Å². The number of carbonyl (C=O) groups is 2. The van der Waals surface area contributed by atoms with Gasteiger partial charge in [-0.15, -0.1) is 4.99 Å². The van der Waals surface area contributed by atoms with Crippen molar-refractivity contribution in [2.75, 3.05) is 24.9 Å². The third-order valence-electron chi connectivity index (χ3n) is 7.14. The number of hydrogen-bond acceptors (Lipinski definition) is 10. The maximum atomic E-state index is 12.7. The molecule has 0 bridgehead atoms. The van der Waals surface area contributed by atoms with Crippen molar-refractivity contribution in [2.24, 2.45) is 4.99 Å². The van der Waals surface area contributed by atoms with Crippen LogP contribution < -0.4 is 30.7 Å². The van der Waals surface area contributed by atoms with Crippen molar-refractivity contribution in [2.45, 2.75) is 97.1 Å². The summed E-state index contributed by atoms with van der Waals surface area (Å²) in [5, 5.41) is 13.6. The number of aromatic nitrogens is 2. The second-order valence-electron chi connectivity index (χ2n) is 13.3. The predicted octanol–water partition coefficient (Wildman–Crippen LogP) is 6.39. The highest BCUT2D eigenvalue weighted by Gasteiger charge is 2.29. The Hall–Kier alpha value is -4.81. The predicted molar refractivity (Wildman–Crippen MR) is 182 cm³/mol. The van der Waals surface area contributed by atoms with Gasteiger partial charge in [0, 0.05) is 24.0 Å². The fourth-order valence-corrected chi connectivity index (χ4v) is 5.05. The van der Waals surface area contributed by atoms with Gasteiger partial charge >= 0.3 is 12.2 Å². The molecule has 4 rings (SSSR count). The van der Waals surface area contributed by atoms with Crippen LogP contribution in [0.4, 0.5) is 21.4 Å². The van der Waals surface area contributed by atoms with E-state index in [-0.39, 0.29) is 18.0 Å². The van der Waals surface area contributed by atoms with Gasteiger partial charge in [-0.05, 0) is 90.3 Å². The number of nitrogens with zero attached hydrogens (tertiary/aromatic N) is 3. The molecule has 0 unspecified atom stereocenters. The van der Waals surface area contributed by atoms with Gasteiger partial charge in [-0.3, -0.25) is 5.32 Å². The number of amides is 2. The number of rotatable bonds is 8. The molecule has 1 aliphatic carbocycles. The Balaban J connectivity index is 1.61. The van der Waals surface area contributed by atoms with Crippen LogP contribution in [0, 0.1) is 0 Å². The first-order chi connectivity index (χ1) is 22.2. The van der Waals surface area contributed by atoms with Crippen LogP contribution in [0.25, 0.3) is 10.9 Å². The molecule has 4 N–H and O–H groups in total. The second-order valence-corrected chi connectivity index (χ2v) is 13.3. The summed E-state index contributed by atoms with van der Waals surface area (Å²) in [4.78, 5) is 39.1. The lowest BCUT2D eigenvalue weighted by Gasteiger charge is -2.34. The Labute approximate surface area is 276 Å². The Morgan fingerprint density at radius 3 is 2.13 bits per heavy atom. The molecule has 47 heavy (non-hydrogen) atoms. The first-order valence-electron chi connectivity index (χ1n) is 15.8. The number of anilines is 2. The third-order valence-corrected chi connectivity index (χ3v) is 7.14. The number of hydrogen-bond donors (Lipinski definition) is 4. The lowest BCUT2D eigenvalue weighted by Crippen LogP contribution is -2.54. The molecule has 13 heteroatoms. The SMILES string of the molecule is COc1ccc(CNc2nc(N[C@H]3CCCC[C@H]3NC(=NC(=O)OC(C)(C)C)NC(=O)OC(C)(C)C)c3cc(OC)ccc3n2)cc1. The highest BCUT2D eigenvalue weighted by molar-refractivity contribution is 5.99. The molecule has 0 aliphatic heterocycles. The highest BCUT2D eigenvalue weighted by Crippen LogP contribution is 2.30. The molecule has 1 fully saturated rings. The summed E-state index contributed by atoms with van der Waals surface area (Å²) in [5.41, 5.74) is 0.273. The van der Waals surface area contributed by atoms with E-state index in [0.29, 0.717) is 24.1 Å². The summed E-state index contributed by atoms with van der Waals surface area (Å²) >= 11 is 0. The summed E-state index contributed by atoms with van der Waals surface area (Å²) in [6, 6.07) is 13.1. The standard InChI is InChI=1S/C34H47N7O6/c1-33(2,3)46-31(42)40-30(41-32(43)47-34(4,5)6)38-27-12-10-9-11-26(27)36-28-24-19-23(45-8)17-18-25(24)37-29(39-28)35-20-21-13-15-22(44-7)16-14-21/h13-19,26-27H,9-12,20H2,1-8H3,(H2,35,36,37,39)(H2,38,40,41,42,43)/t26-,27+/m0/s1. The van der Waals surface area contributed by atoms with E-state index in [1.807, 2.05) is 42.5 Å². The highest BCUT2D eigenvalue weighted by atomic mass is 16.6. The lowest BCUT2D eigenvalue weighted by atomic mass is 9.90. The molecule has 0 spiro atoms. The summed E-state index contributed by atoms with van der Waals surface area (Å²) in [6.07, 6.45) is 1.88. The maximum Gasteiger partial charge on any atom is 0.437 e. The quantitative estimate of drug-likeness (QED) is 0.158. The number of alkyl carbamates (subject to hydrolysis) is 1. The second kappa shape index (κ2) is 15.2. The van der Waals surface area contributed by atoms with Crippen LogP contribution in [0.1, 0.15) is 72.8 Å². The Bertz CT molecular complexity index is 1560. The summed E-state index contributed by atoms with van der Waals surface area (Å²) < 4.78 is 21.6. The average molecular weight is 650 g/mol. The van der Waals surface area contributed by atoms with Crippen LogP contribution >= 0.6 is 0 Å². The number of benzene rings is 2. The number of carbonyl (C=O) groups excluding carboxylic acids is 2. The van der Waals surface area contributed by atoms with E-state index in [1.54, 1.807) is 55.8 Å². The van der Waals surface area contributed by atoms with Crippen LogP contribution in [0.5, 0.6) is 11.5 Å². The van der Waals surface area contributed by atoms with Gasteiger partial charge in [0.05, 0.1) is 19.7 Å². The van der Waals surface area contributed by atoms with Crippen LogP contribution in [-0.4, -0.2) is 65.6 Å². The average Bonchev–Trinajstić information content (AvgIpc) is 2.99. The third kappa shape index (κ3) is 10.9. The number of aliphatic imine (C=N–C) groups is 1. The van der Waals surface area contributed by atoms with Crippen LogP contribution in [0.2, 0.25) is 0 Å². The van der Waals surface area contributed by atoms with E-state index in [1.165, 1.54) is 0 Å². The minimum Gasteiger partial charge on any atom is -0.497 e. The van der Waals surface area contributed by atoms with Gasteiger partial charge in [-0.25, -0.2) is 14.6 Å². The number of methoxy groups -OCH3 is 2. The van der Waals surface area contributed by atoms with Gasteiger partial charge in [0.25, 0.3) is 0 Å². The van der Waals surface area contributed by atoms with Crippen molar-refractivity contribution in [3.63, 3.8) is 0 Å². The molecular formula is C34H47N7O6. The van der Waals surface area contributed by atoms with E-state index in [9.17, 15) is 9.59 Å². The molecule has 1 aromatic heterocycles. The van der Waals surface area contributed by atoms with Crippen molar-refractivity contribution in [3.8, 4) is 11.5 Å². The molecular weight excluding hydrogens is 602 g/mol. The zero-order chi connectivity index (χ0) is 34.2. The lowest BCUT2D eigenvalue weighted by molar-refractivity contribution is 0.0560. The normalized spacial score (nSPS) is 17.0. The summed E-state index contributed by atoms with van der Waals surface area (Å²) in [6.45, 7) is 11.0. The smallest absolute Gasteiger partial charge is 0.437 e. The van der Waals surface area contributed by atoms with Crippen LogP contribution in [-0.2, 0) is 16.0 Å². The maximum absolute atomic E-state index is 12.7. The number of nitrogens with one attached hydrogen (secondary N) is 4. The van der Waals surface area contributed by atoms with Crippen molar-refractivity contribution < 1.29 is 28.5 Å². The minimum absolute atomic E-state index is 0.0525. The molecule has 1 aliphatic rings. The minimum atomic E-state index is -0.835. The molecule has 254 valence electrons. The summed E-state index contributed by atoms with van der Waals surface area (Å²) in [5.74, 6) is 2.49. The van der Waals surface area contributed by atoms with Crippen LogP contribution in [0.15, 0.2) is 47.5 Å². The van der Waals surface area contributed by atoms with E-state index in [4.69, 9.17) is 28.9 Å². The monoisotopic (exact) mass is 649 g/mol. The molecule has 2 atom stereocenters. The Kier molecular flexibility index (Phi) is 11.3. The van der Waals surface area contributed by atoms with Gasteiger partial charge < -0.3 is 34.9 Å². The van der Waals surface area contributed by atoms with Gasteiger partial charge in [0.2, 0.25) is 11.9 Å². The first kappa shape index (κ1) is 35.1. The number of guanidine groups is 1. The van der Waals surface area contributed by atoms with Gasteiger partial charge in [0.1, 0.15) is 28.5 Å². The Morgan fingerprint density at radius 1 is 0.851 bits per heavy atom. The van der Waals surface area contributed by atoms with Gasteiger partial charge in [-0.1, -0.05) is 25.0 Å². The molecule has 2 amide bonds. The van der Waals surface area contributed by atoms with E-state index < -0.39 is 23.4 Å². The zero-order valence-electron chi connectivity index (χ0n) is 28.5. The molecule has 1 heterocycles. The largest absolute Gasteiger partial charge is 0.497 e. The van der Waals surface area contributed by atoms with E-state index in [0.717, 1.165) is 47.9 Å². The number of fused-ring (bicyclic) bond motifs is 1. The zero-order valence-corrected chi connectivity index (χ0v) is 28.5. The topological polar surface area (TPSA) is 157 Å². The van der Waals surface area contributed by atoms with Crippen LogP contribution in [0.3, 0.4) is 0 Å². The summed E-state index contributed by atoms with van der Waals surface area (Å²) in [7, 11) is 3.25. The molecule has 2 aromatic carbocycles. The van der Waals surface area contributed by atoms with E-state index in [2.05, 4.69) is 26.3 Å². The van der Waals surface area contributed by atoms with Crippen molar-refractivity contribution in [3.05, 3.63) is 48.0 Å². The molecule has 0 saturated heterocycles. The molecule has 1 saturated carbocycles. The van der Waals surface area contributed by atoms with Crippen molar-refractivity contribution in [1.82, 2.24) is 20.6 Å². The number of ether oxygens (including phenoxy) is 4.